The number of anilines is 1. The molecule has 1 fully saturated rings. The summed E-state index contributed by atoms with van der Waals surface area (Å²) in [5.74, 6) is 0.620. The Kier molecular flexibility index (Phi) is 7.63. The number of ether oxygens (including phenoxy) is 2. The molecule has 2 aromatic rings. The number of carbonyl (C=O) groups is 1. The molecule has 0 aliphatic carbocycles. The van der Waals surface area contributed by atoms with E-state index in [-0.39, 0.29) is 17.1 Å². The highest BCUT2D eigenvalue weighted by Gasteiger charge is 2.33. The lowest BCUT2D eigenvalue weighted by atomic mass is 10.0. The molecule has 2 aliphatic rings. The molecule has 32 heavy (non-hydrogen) atoms. The summed E-state index contributed by atoms with van der Waals surface area (Å²) >= 11 is 14.3. The predicted molar refractivity (Wildman–Crippen MR) is 127 cm³/mol. The van der Waals surface area contributed by atoms with Crippen molar-refractivity contribution in [3.8, 4) is 17.0 Å². The fourth-order valence-electron chi connectivity index (χ4n) is 3.71. The summed E-state index contributed by atoms with van der Waals surface area (Å²) in [6.07, 6.45) is 0.494. The third-order valence-electron chi connectivity index (χ3n) is 5.32. The van der Waals surface area contributed by atoms with Crippen molar-refractivity contribution in [2.45, 2.75) is 23.6 Å². The maximum Gasteiger partial charge on any atom is 0.233 e. The van der Waals surface area contributed by atoms with E-state index in [2.05, 4.69) is 20.2 Å². The Hall–Kier alpha value is -1.78. The minimum absolute atomic E-state index is 0.0330. The third kappa shape index (κ3) is 5.23. The molecule has 0 spiro atoms. The van der Waals surface area contributed by atoms with Crippen LogP contribution in [0.1, 0.15) is 12.5 Å². The maximum absolute atomic E-state index is 12.4. The second-order valence-corrected chi connectivity index (χ2v) is 9.49. The van der Waals surface area contributed by atoms with Crippen molar-refractivity contribution in [3.05, 3.63) is 27.7 Å². The zero-order valence-electron chi connectivity index (χ0n) is 17.7. The largest absolute Gasteiger partial charge is 0.491 e. The van der Waals surface area contributed by atoms with E-state index >= 15 is 0 Å². The van der Waals surface area contributed by atoms with Gasteiger partial charge in [-0.05, 0) is 25.5 Å². The van der Waals surface area contributed by atoms with Gasteiger partial charge in [0.15, 0.2) is 0 Å². The monoisotopic (exact) mass is 497 g/mol. The zero-order valence-corrected chi connectivity index (χ0v) is 20.0. The molecule has 2 aliphatic heterocycles. The molecule has 1 unspecified atom stereocenters. The Morgan fingerprint density at radius 1 is 1.31 bits per heavy atom. The fourth-order valence-corrected chi connectivity index (χ4v) is 5.42. The van der Waals surface area contributed by atoms with Crippen molar-refractivity contribution in [1.82, 2.24) is 20.2 Å². The van der Waals surface area contributed by atoms with Crippen LogP contribution in [-0.4, -0.2) is 72.0 Å². The van der Waals surface area contributed by atoms with Gasteiger partial charge in [0.05, 0.1) is 34.2 Å². The highest BCUT2D eigenvalue weighted by molar-refractivity contribution is 8.00. The van der Waals surface area contributed by atoms with Crippen LogP contribution in [0.4, 0.5) is 5.95 Å². The van der Waals surface area contributed by atoms with E-state index in [1.807, 2.05) is 6.92 Å². The van der Waals surface area contributed by atoms with Gasteiger partial charge >= 0.3 is 0 Å². The van der Waals surface area contributed by atoms with E-state index < -0.39 is 0 Å². The quantitative estimate of drug-likeness (QED) is 0.562. The highest BCUT2D eigenvalue weighted by Crippen LogP contribution is 2.44. The van der Waals surface area contributed by atoms with Crippen LogP contribution in [0.25, 0.3) is 11.3 Å². The van der Waals surface area contributed by atoms with Gasteiger partial charge in [-0.2, -0.15) is 0 Å². The van der Waals surface area contributed by atoms with Gasteiger partial charge < -0.3 is 20.5 Å². The SMILES string of the molecule is CCNC(=O)C1Cc2c(nc(N)nc2-c2cc(OCCN3CCOCC3)c(Cl)cc2Cl)S1. The van der Waals surface area contributed by atoms with E-state index in [1.54, 1.807) is 12.1 Å². The van der Waals surface area contributed by atoms with Crippen molar-refractivity contribution in [2.75, 3.05) is 51.7 Å². The molecule has 0 bridgehead atoms. The summed E-state index contributed by atoms with van der Waals surface area (Å²) in [7, 11) is 0. The molecule has 4 rings (SSSR count). The number of nitrogens with one attached hydrogen (secondary N) is 1. The number of nitrogen functional groups attached to an aromatic ring is 1. The molecule has 1 atom stereocenters. The summed E-state index contributed by atoms with van der Waals surface area (Å²) in [5.41, 5.74) is 8.08. The molecule has 1 saturated heterocycles. The molecule has 0 radical (unpaired) electrons. The number of halogens is 2. The standard InChI is InChI=1S/C21H25Cl2N5O3S/c1-2-25-19(29)17-10-13-18(26-21(24)27-20(13)32-17)12-9-16(15(23)11-14(12)22)31-8-5-28-3-6-30-7-4-28/h9,11,17H,2-8,10H2,1H3,(H,25,29)(H2,24,26,27). The van der Waals surface area contributed by atoms with Crippen molar-refractivity contribution in [1.29, 1.82) is 0 Å². The molecule has 0 saturated carbocycles. The van der Waals surface area contributed by atoms with E-state index in [1.165, 1.54) is 11.8 Å². The Balaban J connectivity index is 1.57. The average Bonchev–Trinajstić information content (AvgIpc) is 3.20. The number of morpholine rings is 1. The van der Waals surface area contributed by atoms with E-state index in [0.717, 1.165) is 38.4 Å². The minimum Gasteiger partial charge on any atom is -0.491 e. The molecular weight excluding hydrogens is 473 g/mol. The van der Waals surface area contributed by atoms with Crippen molar-refractivity contribution in [3.63, 3.8) is 0 Å². The van der Waals surface area contributed by atoms with Crippen molar-refractivity contribution in [2.24, 2.45) is 0 Å². The second kappa shape index (κ2) is 10.4. The summed E-state index contributed by atoms with van der Waals surface area (Å²) in [5, 5.41) is 4.13. The number of nitrogens with zero attached hydrogens (tertiary/aromatic N) is 3. The molecular formula is C21H25Cl2N5O3S. The van der Waals surface area contributed by atoms with Gasteiger partial charge in [-0.3, -0.25) is 9.69 Å². The first-order chi connectivity index (χ1) is 15.5. The number of thioether (sulfide) groups is 1. The topological polar surface area (TPSA) is 103 Å². The summed E-state index contributed by atoms with van der Waals surface area (Å²) in [4.78, 5) is 23.5. The molecule has 1 aromatic heterocycles. The van der Waals surface area contributed by atoms with Crippen LogP contribution >= 0.6 is 35.0 Å². The van der Waals surface area contributed by atoms with Gasteiger partial charge in [0.25, 0.3) is 0 Å². The second-order valence-electron chi connectivity index (χ2n) is 7.48. The van der Waals surface area contributed by atoms with Gasteiger partial charge in [-0.25, -0.2) is 9.97 Å². The number of rotatable bonds is 7. The minimum atomic E-state index is -0.282. The van der Waals surface area contributed by atoms with Gasteiger partial charge in [-0.15, -0.1) is 0 Å². The first-order valence-corrected chi connectivity index (χ1v) is 12.1. The number of hydrogen-bond acceptors (Lipinski definition) is 8. The molecule has 8 nitrogen and oxygen atoms in total. The molecule has 3 heterocycles. The van der Waals surface area contributed by atoms with Crippen LogP contribution in [0.3, 0.4) is 0 Å². The van der Waals surface area contributed by atoms with Gasteiger partial charge in [0.1, 0.15) is 17.4 Å². The Labute approximate surface area is 201 Å². The number of fused-ring (bicyclic) bond motifs is 1. The van der Waals surface area contributed by atoms with Crippen LogP contribution < -0.4 is 15.8 Å². The van der Waals surface area contributed by atoms with Crippen LogP contribution in [0.15, 0.2) is 17.2 Å². The normalized spacial score (nSPS) is 18.4. The average molecular weight is 498 g/mol. The smallest absolute Gasteiger partial charge is 0.233 e. The summed E-state index contributed by atoms with van der Waals surface area (Å²) in [6, 6.07) is 3.44. The zero-order chi connectivity index (χ0) is 22.7. The van der Waals surface area contributed by atoms with Crippen molar-refractivity contribution < 1.29 is 14.3 Å². The fraction of sp³-hybridized carbons (Fsp3) is 0.476. The van der Waals surface area contributed by atoms with Crippen molar-refractivity contribution >= 4 is 46.8 Å². The van der Waals surface area contributed by atoms with Crippen LogP contribution in [-0.2, 0) is 16.0 Å². The Morgan fingerprint density at radius 3 is 2.84 bits per heavy atom. The van der Waals surface area contributed by atoms with E-state index in [9.17, 15) is 4.79 Å². The molecule has 11 heteroatoms. The molecule has 172 valence electrons. The number of nitrogens with two attached hydrogens (primary N) is 1. The Bertz CT molecular complexity index is 1000. The molecule has 3 N–H and O–H groups in total. The lowest BCUT2D eigenvalue weighted by Crippen LogP contribution is -2.38. The number of amides is 1. The number of aromatic nitrogens is 2. The summed E-state index contributed by atoms with van der Waals surface area (Å²) in [6.45, 7) is 6.98. The number of carbonyl (C=O) groups excluding carboxylic acids is 1. The van der Waals surface area contributed by atoms with Crippen LogP contribution in [0.5, 0.6) is 5.75 Å². The van der Waals surface area contributed by atoms with Gasteiger partial charge in [0.2, 0.25) is 11.9 Å². The van der Waals surface area contributed by atoms with Crippen LogP contribution in [0, 0.1) is 0 Å². The van der Waals surface area contributed by atoms with Gasteiger partial charge in [-0.1, -0.05) is 35.0 Å². The first kappa shape index (κ1) is 23.4. The number of benzene rings is 1. The highest BCUT2D eigenvalue weighted by atomic mass is 35.5. The Morgan fingerprint density at radius 2 is 2.09 bits per heavy atom. The van der Waals surface area contributed by atoms with E-state index in [0.29, 0.717) is 51.7 Å². The molecule has 1 aromatic carbocycles. The predicted octanol–water partition coefficient (Wildman–Crippen LogP) is 2.90. The lowest BCUT2D eigenvalue weighted by Gasteiger charge is -2.26. The molecule has 1 amide bonds. The van der Waals surface area contributed by atoms with Crippen LogP contribution in [0.2, 0.25) is 10.0 Å². The third-order valence-corrected chi connectivity index (χ3v) is 7.15. The first-order valence-electron chi connectivity index (χ1n) is 10.5. The summed E-state index contributed by atoms with van der Waals surface area (Å²) < 4.78 is 11.4. The van der Waals surface area contributed by atoms with E-state index in [4.69, 9.17) is 38.4 Å². The number of hydrogen-bond donors (Lipinski definition) is 2. The van der Waals surface area contributed by atoms with Gasteiger partial charge in [0, 0.05) is 37.3 Å². The lowest BCUT2D eigenvalue weighted by molar-refractivity contribution is -0.120. The maximum atomic E-state index is 12.4.